The molecular formula is C22H19N5O3S. The first-order valence-electron chi connectivity index (χ1n) is 9.89. The highest BCUT2D eigenvalue weighted by Gasteiger charge is 2.53. The number of carbonyl (C=O) groups is 3. The molecule has 3 aromatic rings. The van der Waals surface area contributed by atoms with Crippen molar-refractivity contribution in [3.63, 3.8) is 0 Å². The molecule has 156 valence electrons. The maximum absolute atomic E-state index is 13.2. The van der Waals surface area contributed by atoms with Gasteiger partial charge in [-0.15, -0.1) is 5.10 Å². The summed E-state index contributed by atoms with van der Waals surface area (Å²) in [4.78, 5) is 41.8. The summed E-state index contributed by atoms with van der Waals surface area (Å²) in [6, 6.07) is 14.3. The lowest BCUT2D eigenvalue weighted by Gasteiger charge is -2.48. The zero-order valence-electron chi connectivity index (χ0n) is 16.7. The van der Waals surface area contributed by atoms with Crippen LogP contribution < -0.4 is 10.2 Å². The van der Waals surface area contributed by atoms with Crippen LogP contribution in [0, 0.1) is 0 Å². The third kappa shape index (κ3) is 3.17. The normalized spacial score (nSPS) is 19.9. The largest absolute Gasteiger partial charge is 0.325 e. The minimum absolute atomic E-state index is 0.0417. The fourth-order valence-electron chi connectivity index (χ4n) is 4.30. The Morgan fingerprint density at radius 3 is 2.68 bits per heavy atom. The number of nitrogens with one attached hydrogen (secondary N) is 1. The summed E-state index contributed by atoms with van der Waals surface area (Å²) in [5, 5.41) is 8.73. The van der Waals surface area contributed by atoms with Crippen LogP contribution in [0.25, 0.3) is 11.3 Å². The van der Waals surface area contributed by atoms with E-state index >= 15 is 0 Å². The van der Waals surface area contributed by atoms with Crippen LogP contribution in [0.15, 0.2) is 53.9 Å². The number of anilines is 2. The van der Waals surface area contributed by atoms with Crippen LogP contribution >= 0.6 is 11.5 Å². The SMILES string of the molecule is CC12CCC(=O)N1c1ccccc1C(=O)N2CC(=O)Nc1ccc(-c2csnn2)cc1. The number of rotatable bonds is 4. The van der Waals surface area contributed by atoms with Crippen LogP contribution in [0.4, 0.5) is 11.4 Å². The second kappa shape index (κ2) is 7.28. The third-order valence-corrected chi connectivity index (χ3v) is 6.38. The summed E-state index contributed by atoms with van der Waals surface area (Å²) in [7, 11) is 0. The number of hydrogen-bond donors (Lipinski definition) is 1. The zero-order chi connectivity index (χ0) is 21.6. The minimum Gasteiger partial charge on any atom is -0.325 e. The Labute approximate surface area is 182 Å². The van der Waals surface area contributed by atoms with Crippen molar-refractivity contribution in [2.45, 2.75) is 25.4 Å². The summed E-state index contributed by atoms with van der Waals surface area (Å²) < 4.78 is 3.85. The van der Waals surface area contributed by atoms with E-state index in [9.17, 15) is 14.4 Å². The molecule has 0 saturated carbocycles. The summed E-state index contributed by atoms with van der Waals surface area (Å²) in [6.07, 6.45) is 0.818. The van der Waals surface area contributed by atoms with Crippen LogP contribution in [0.1, 0.15) is 30.1 Å². The van der Waals surface area contributed by atoms with Gasteiger partial charge in [0, 0.05) is 23.1 Å². The molecule has 8 nitrogen and oxygen atoms in total. The summed E-state index contributed by atoms with van der Waals surface area (Å²) in [5.41, 5.74) is 2.49. The molecule has 0 aliphatic carbocycles. The van der Waals surface area contributed by atoms with E-state index in [1.165, 1.54) is 16.4 Å². The van der Waals surface area contributed by atoms with Gasteiger partial charge in [-0.05, 0) is 49.1 Å². The van der Waals surface area contributed by atoms with E-state index in [-0.39, 0.29) is 24.3 Å². The van der Waals surface area contributed by atoms with Crippen LogP contribution in [0.3, 0.4) is 0 Å². The van der Waals surface area contributed by atoms with Crippen molar-refractivity contribution in [3.8, 4) is 11.3 Å². The number of para-hydroxylation sites is 1. The Balaban J connectivity index is 1.37. The van der Waals surface area contributed by atoms with Gasteiger partial charge in [0.15, 0.2) is 0 Å². The third-order valence-electron chi connectivity index (χ3n) is 5.87. The fraction of sp³-hybridized carbons (Fsp3) is 0.227. The fourth-order valence-corrected chi connectivity index (χ4v) is 4.77. The Bertz CT molecular complexity index is 1180. The predicted molar refractivity (Wildman–Crippen MR) is 117 cm³/mol. The first kappa shape index (κ1) is 19.4. The quantitative estimate of drug-likeness (QED) is 0.682. The molecule has 0 bridgehead atoms. The molecule has 1 saturated heterocycles. The molecule has 1 atom stereocenters. The molecule has 1 fully saturated rings. The Kier molecular flexibility index (Phi) is 4.55. The molecule has 3 amide bonds. The van der Waals surface area contributed by atoms with Gasteiger partial charge in [-0.1, -0.05) is 28.8 Å². The van der Waals surface area contributed by atoms with Crippen molar-refractivity contribution in [1.29, 1.82) is 0 Å². The summed E-state index contributed by atoms with van der Waals surface area (Å²) in [6.45, 7) is 1.70. The maximum atomic E-state index is 13.2. The molecule has 9 heteroatoms. The molecule has 2 aliphatic heterocycles. The van der Waals surface area contributed by atoms with Crippen molar-refractivity contribution >= 4 is 40.6 Å². The second-order valence-corrected chi connectivity index (χ2v) is 8.38. The Hall–Kier alpha value is -3.59. The summed E-state index contributed by atoms with van der Waals surface area (Å²) >= 11 is 1.28. The number of fused-ring (bicyclic) bond motifs is 3. The van der Waals surface area contributed by atoms with Crippen molar-refractivity contribution in [2.24, 2.45) is 0 Å². The molecule has 1 unspecified atom stereocenters. The predicted octanol–water partition coefficient (Wildman–Crippen LogP) is 3.14. The maximum Gasteiger partial charge on any atom is 0.258 e. The number of hydrogen-bond acceptors (Lipinski definition) is 6. The average molecular weight is 433 g/mol. The number of benzene rings is 2. The first-order valence-corrected chi connectivity index (χ1v) is 10.7. The smallest absolute Gasteiger partial charge is 0.258 e. The van der Waals surface area contributed by atoms with Crippen LogP contribution in [0.2, 0.25) is 0 Å². The molecule has 5 rings (SSSR count). The van der Waals surface area contributed by atoms with Crippen LogP contribution in [0.5, 0.6) is 0 Å². The highest BCUT2D eigenvalue weighted by molar-refractivity contribution is 7.03. The number of amides is 3. The highest BCUT2D eigenvalue weighted by Crippen LogP contribution is 2.43. The van der Waals surface area contributed by atoms with E-state index in [1.807, 2.05) is 30.5 Å². The van der Waals surface area contributed by atoms with E-state index in [0.29, 0.717) is 29.8 Å². The molecule has 1 aromatic heterocycles. The lowest BCUT2D eigenvalue weighted by molar-refractivity contribution is -0.120. The van der Waals surface area contributed by atoms with Gasteiger partial charge >= 0.3 is 0 Å². The molecule has 3 heterocycles. The molecule has 0 radical (unpaired) electrons. The van der Waals surface area contributed by atoms with Crippen molar-refractivity contribution in [1.82, 2.24) is 14.5 Å². The lowest BCUT2D eigenvalue weighted by Crippen LogP contribution is -2.63. The van der Waals surface area contributed by atoms with Gasteiger partial charge in [0.1, 0.15) is 17.9 Å². The standard InChI is InChI=1S/C22H19N5O3S/c1-22-11-10-20(29)27(22)18-5-3-2-4-16(18)21(30)26(22)12-19(28)23-15-8-6-14(7-9-15)17-13-31-25-24-17/h2-9,13H,10-12H2,1H3,(H,23,28). The summed E-state index contributed by atoms with van der Waals surface area (Å²) in [5.74, 6) is -0.609. The van der Waals surface area contributed by atoms with Gasteiger partial charge in [0.05, 0.1) is 11.3 Å². The first-order chi connectivity index (χ1) is 15.0. The monoisotopic (exact) mass is 433 g/mol. The zero-order valence-corrected chi connectivity index (χ0v) is 17.6. The Morgan fingerprint density at radius 2 is 1.94 bits per heavy atom. The van der Waals surface area contributed by atoms with E-state index in [1.54, 1.807) is 35.2 Å². The highest BCUT2D eigenvalue weighted by atomic mass is 32.1. The van der Waals surface area contributed by atoms with E-state index < -0.39 is 5.66 Å². The van der Waals surface area contributed by atoms with Gasteiger partial charge in [-0.3, -0.25) is 19.3 Å². The van der Waals surface area contributed by atoms with Gasteiger partial charge in [0.25, 0.3) is 5.91 Å². The number of nitrogens with zero attached hydrogens (tertiary/aromatic N) is 4. The van der Waals surface area contributed by atoms with Gasteiger partial charge in [0.2, 0.25) is 11.8 Å². The molecule has 1 N–H and O–H groups in total. The van der Waals surface area contributed by atoms with Crippen molar-refractivity contribution in [3.05, 3.63) is 59.5 Å². The minimum atomic E-state index is -0.860. The van der Waals surface area contributed by atoms with Gasteiger partial charge in [-0.2, -0.15) is 0 Å². The van der Waals surface area contributed by atoms with Gasteiger partial charge in [-0.25, -0.2) is 0 Å². The molecule has 0 spiro atoms. The van der Waals surface area contributed by atoms with Crippen molar-refractivity contribution in [2.75, 3.05) is 16.8 Å². The lowest BCUT2D eigenvalue weighted by atomic mass is 9.98. The molecule has 31 heavy (non-hydrogen) atoms. The molecule has 2 aliphatic rings. The van der Waals surface area contributed by atoms with Crippen LogP contribution in [-0.2, 0) is 9.59 Å². The number of carbonyl (C=O) groups excluding carboxylic acids is 3. The number of aromatic nitrogens is 2. The molecular weight excluding hydrogens is 414 g/mol. The van der Waals surface area contributed by atoms with E-state index in [0.717, 1.165) is 11.3 Å². The van der Waals surface area contributed by atoms with Crippen LogP contribution in [-0.4, -0.2) is 44.4 Å². The van der Waals surface area contributed by atoms with E-state index in [4.69, 9.17) is 0 Å². The Morgan fingerprint density at radius 1 is 1.16 bits per heavy atom. The second-order valence-electron chi connectivity index (χ2n) is 7.77. The molecule has 2 aromatic carbocycles. The average Bonchev–Trinajstić information content (AvgIpc) is 3.41. The van der Waals surface area contributed by atoms with Gasteiger partial charge < -0.3 is 10.2 Å². The topological polar surface area (TPSA) is 95.5 Å². The van der Waals surface area contributed by atoms with Crippen molar-refractivity contribution < 1.29 is 14.4 Å². The van der Waals surface area contributed by atoms with E-state index in [2.05, 4.69) is 14.9 Å².